The van der Waals surface area contributed by atoms with Crippen molar-refractivity contribution in [1.29, 1.82) is 0 Å². The highest BCUT2D eigenvalue weighted by Gasteiger charge is 2.50. The summed E-state index contributed by atoms with van der Waals surface area (Å²) in [5, 5.41) is 7.56. The summed E-state index contributed by atoms with van der Waals surface area (Å²) in [6.45, 7) is 2.16. The molecule has 1 aliphatic heterocycles. The minimum absolute atomic E-state index is 0.0246. The average Bonchev–Trinajstić information content (AvgIpc) is 3.19. The van der Waals surface area contributed by atoms with Crippen LogP contribution in [0.25, 0.3) is 0 Å². The molecule has 0 bridgehead atoms. The maximum atomic E-state index is 5.45. The Labute approximate surface area is 117 Å². The van der Waals surface area contributed by atoms with Crippen LogP contribution in [0.3, 0.4) is 0 Å². The minimum atomic E-state index is -0.0292. The van der Waals surface area contributed by atoms with E-state index in [2.05, 4.69) is 39.7 Å². The molecule has 1 aromatic carbocycles. The summed E-state index contributed by atoms with van der Waals surface area (Å²) < 4.78 is 10.9. The molecule has 0 radical (unpaired) electrons. The molecule has 1 aromatic heterocycles. The van der Waals surface area contributed by atoms with Gasteiger partial charge in [0.1, 0.15) is 6.04 Å². The summed E-state index contributed by atoms with van der Waals surface area (Å²) in [5.41, 5.74) is 1.25. The molecule has 20 heavy (non-hydrogen) atoms. The van der Waals surface area contributed by atoms with Crippen LogP contribution >= 0.6 is 0 Å². The van der Waals surface area contributed by atoms with Crippen molar-refractivity contribution in [2.75, 3.05) is 19.8 Å². The molecule has 1 saturated carbocycles. The van der Waals surface area contributed by atoms with E-state index in [0.29, 0.717) is 12.5 Å². The van der Waals surface area contributed by atoms with Crippen LogP contribution in [-0.4, -0.2) is 29.9 Å². The van der Waals surface area contributed by atoms with Crippen molar-refractivity contribution < 1.29 is 9.26 Å². The zero-order chi connectivity index (χ0) is 13.4. The first kappa shape index (κ1) is 12.1. The fourth-order valence-corrected chi connectivity index (χ4v) is 2.82. The van der Waals surface area contributed by atoms with Gasteiger partial charge in [0.05, 0.1) is 18.6 Å². The van der Waals surface area contributed by atoms with E-state index in [-0.39, 0.29) is 11.5 Å². The van der Waals surface area contributed by atoms with Gasteiger partial charge < -0.3 is 14.6 Å². The van der Waals surface area contributed by atoms with Gasteiger partial charge in [0.2, 0.25) is 5.89 Å². The average molecular weight is 271 g/mol. The van der Waals surface area contributed by atoms with E-state index in [1.54, 1.807) is 0 Å². The fourth-order valence-electron chi connectivity index (χ4n) is 2.82. The van der Waals surface area contributed by atoms with Gasteiger partial charge in [-0.05, 0) is 18.4 Å². The Morgan fingerprint density at radius 3 is 2.75 bits per heavy atom. The molecule has 0 amide bonds. The van der Waals surface area contributed by atoms with Gasteiger partial charge in [-0.25, -0.2) is 0 Å². The Balaban J connectivity index is 1.62. The summed E-state index contributed by atoms with van der Waals surface area (Å²) in [6.07, 6.45) is 2.18. The standard InChI is InChI=1S/C15H17N3O2/c1-2-4-11(5-3-1)15(6-7-15)14-17-13(20-18-14)12-10-19-9-8-16-12/h1-5,12,16H,6-10H2. The number of hydrogen-bond donors (Lipinski definition) is 1. The summed E-state index contributed by atoms with van der Waals surface area (Å²) in [5.74, 6) is 1.45. The number of morpholine rings is 1. The smallest absolute Gasteiger partial charge is 0.246 e. The van der Waals surface area contributed by atoms with Crippen molar-refractivity contribution in [1.82, 2.24) is 15.5 Å². The largest absolute Gasteiger partial charge is 0.378 e. The first-order chi connectivity index (χ1) is 9.88. The normalized spacial score (nSPS) is 24.5. The molecular weight excluding hydrogens is 254 g/mol. The molecule has 2 heterocycles. The van der Waals surface area contributed by atoms with E-state index in [1.165, 1.54) is 5.56 Å². The monoisotopic (exact) mass is 271 g/mol. The van der Waals surface area contributed by atoms with E-state index in [1.807, 2.05) is 6.07 Å². The van der Waals surface area contributed by atoms with Gasteiger partial charge in [-0.1, -0.05) is 35.5 Å². The molecule has 4 rings (SSSR count). The molecule has 2 fully saturated rings. The third kappa shape index (κ3) is 1.94. The summed E-state index contributed by atoms with van der Waals surface area (Å²) in [6, 6.07) is 10.5. The topological polar surface area (TPSA) is 60.2 Å². The number of nitrogens with one attached hydrogen (secondary N) is 1. The summed E-state index contributed by atoms with van der Waals surface area (Å²) in [7, 11) is 0. The molecule has 1 N–H and O–H groups in total. The maximum absolute atomic E-state index is 5.45. The Hall–Kier alpha value is -1.72. The van der Waals surface area contributed by atoms with Gasteiger partial charge in [-0.3, -0.25) is 0 Å². The lowest BCUT2D eigenvalue weighted by atomic mass is 9.95. The lowest BCUT2D eigenvalue weighted by Crippen LogP contribution is -2.34. The SMILES string of the molecule is c1ccc(C2(c3noc(C4COCCN4)n3)CC2)cc1. The van der Waals surface area contributed by atoms with Crippen molar-refractivity contribution in [3.63, 3.8) is 0 Å². The van der Waals surface area contributed by atoms with Gasteiger partial charge in [0.15, 0.2) is 5.82 Å². The number of nitrogens with zero attached hydrogens (tertiary/aromatic N) is 2. The quantitative estimate of drug-likeness (QED) is 0.922. The number of ether oxygens (including phenoxy) is 1. The van der Waals surface area contributed by atoms with Gasteiger partial charge in [-0.2, -0.15) is 4.98 Å². The third-order valence-corrected chi connectivity index (χ3v) is 4.17. The van der Waals surface area contributed by atoms with Crippen molar-refractivity contribution in [3.05, 3.63) is 47.6 Å². The molecule has 2 aromatic rings. The van der Waals surface area contributed by atoms with Crippen molar-refractivity contribution in [2.45, 2.75) is 24.3 Å². The van der Waals surface area contributed by atoms with E-state index in [0.717, 1.165) is 31.8 Å². The molecule has 0 spiro atoms. The second-order valence-electron chi connectivity index (χ2n) is 5.49. The Kier molecular flexibility index (Phi) is 2.82. The molecule has 5 heteroatoms. The minimum Gasteiger partial charge on any atom is -0.378 e. The second kappa shape index (κ2) is 4.68. The van der Waals surface area contributed by atoms with Crippen LogP contribution in [0.15, 0.2) is 34.9 Å². The highest BCUT2D eigenvalue weighted by atomic mass is 16.5. The molecule has 104 valence electrons. The Morgan fingerprint density at radius 1 is 1.20 bits per heavy atom. The van der Waals surface area contributed by atoms with Crippen LogP contribution in [0.1, 0.15) is 36.2 Å². The predicted octanol–water partition coefficient (Wildman–Crippen LogP) is 1.81. The first-order valence-electron chi connectivity index (χ1n) is 7.09. The highest BCUT2D eigenvalue weighted by Crippen LogP contribution is 2.52. The van der Waals surface area contributed by atoms with Gasteiger partial charge in [0, 0.05) is 6.54 Å². The summed E-state index contributed by atoms with van der Waals surface area (Å²) >= 11 is 0. The van der Waals surface area contributed by atoms with Crippen LogP contribution in [0.5, 0.6) is 0 Å². The lowest BCUT2D eigenvalue weighted by Gasteiger charge is -2.20. The zero-order valence-electron chi connectivity index (χ0n) is 11.2. The molecule has 1 unspecified atom stereocenters. The Morgan fingerprint density at radius 2 is 2.05 bits per heavy atom. The molecule has 1 atom stereocenters. The molecular formula is C15H17N3O2. The van der Waals surface area contributed by atoms with Crippen LogP contribution in [0.4, 0.5) is 0 Å². The van der Waals surface area contributed by atoms with Crippen LogP contribution < -0.4 is 5.32 Å². The van der Waals surface area contributed by atoms with Crippen LogP contribution in [0, 0.1) is 0 Å². The van der Waals surface area contributed by atoms with E-state index in [9.17, 15) is 0 Å². The van der Waals surface area contributed by atoms with Crippen LogP contribution in [-0.2, 0) is 10.2 Å². The maximum Gasteiger partial charge on any atom is 0.246 e. The van der Waals surface area contributed by atoms with Gasteiger partial charge >= 0.3 is 0 Å². The number of aromatic nitrogens is 2. The molecule has 1 saturated heterocycles. The van der Waals surface area contributed by atoms with Gasteiger partial charge in [-0.15, -0.1) is 0 Å². The van der Waals surface area contributed by atoms with Crippen LogP contribution in [0.2, 0.25) is 0 Å². The molecule has 1 aliphatic carbocycles. The molecule has 5 nitrogen and oxygen atoms in total. The number of benzene rings is 1. The zero-order valence-corrected chi connectivity index (χ0v) is 11.2. The Bertz CT molecular complexity index is 586. The summed E-state index contributed by atoms with van der Waals surface area (Å²) in [4.78, 5) is 4.62. The highest BCUT2D eigenvalue weighted by molar-refractivity contribution is 5.38. The third-order valence-electron chi connectivity index (χ3n) is 4.17. The number of rotatable bonds is 3. The van der Waals surface area contributed by atoms with Gasteiger partial charge in [0.25, 0.3) is 0 Å². The van der Waals surface area contributed by atoms with E-state index < -0.39 is 0 Å². The van der Waals surface area contributed by atoms with E-state index in [4.69, 9.17) is 9.26 Å². The molecule has 2 aliphatic rings. The fraction of sp³-hybridized carbons (Fsp3) is 0.467. The lowest BCUT2D eigenvalue weighted by molar-refractivity contribution is 0.0659. The second-order valence-corrected chi connectivity index (χ2v) is 5.49. The first-order valence-corrected chi connectivity index (χ1v) is 7.09. The predicted molar refractivity (Wildman–Crippen MR) is 72.3 cm³/mol. The van der Waals surface area contributed by atoms with Crippen molar-refractivity contribution in [2.24, 2.45) is 0 Å². The van der Waals surface area contributed by atoms with Crippen molar-refractivity contribution >= 4 is 0 Å². The van der Waals surface area contributed by atoms with Crippen molar-refractivity contribution in [3.8, 4) is 0 Å². The number of hydrogen-bond acceptors (Lipinski definition) is 5. The van der Waals surface area contributed by atoms with E-state index >= 15 is 0 Å².